The third-order valence-corrected chi connectivity index (χ3v) is 4.82. The first-order chi connectivity index (χ1) is 10.8. The van der Waals surface area contributed by atoms with Crippen molar-refractivity contribution >= 4 is 20.1 Å². The fourth-order valence-electron chi connectivity index (χ4n) is 1.77. The van der Waals surface area contributed by atoms with Gasteiger partial charge in [-0.3, -0.25) is 18.6 Å². The summed E-state index contributed by atoms with van der Waals surface area (Å²) in [6, 6.07) is 0. The molecule has 1 atom stereocenters. The first kappa shape index (κ1) is 23.1. The highest BCUT2D eigenvalue weighted by Crippen LogP contribution is 2.54. The molecule has 0 spiro atoms. The van der Waals surface area contributed by atoms with E-state index in [2.05, 4.69) is 0 Å². The minimum Gasteiger partial charge on any atom is -0.460 e. The normalized spacial score (nSPS) is 13.9. The monoisotopic (exact) mass is 366 g/mol. The van der Waals surface area contributed by atoms with E-state index >= 15 is 0 Å². The summed E-state index contributed by atoms with van der Waals surface area (Å²) >= 11 is 0. The van der Waals surface area contributed by atoms with E-state index in [9.17, 15) is 14.2 Å². The number of nitrogens with two attached hydrogens (primary N) is 1. The molecule has 1 amide bonds. The van der Waals surface area contributed by atoms with Gasteiger partial charge in [0.15, 0.2) is 0 Å². The Morgan fingerprint density at radius 2 is 1.62 bits per heavy atom. The third kappa shape index (κ3) is 8.78. The van der Waals surface area contributed by atoms with Crippen molar-refractivity contribution in [2.24, 2.45) is 5.73 Å². The van der Waals surface area contributed by atoms with E-state index in [0.717, 1.165) is 4.67 Å². The molecule has 0 rings (SSSR count). The zero-order valence-corrected chi connectivity index (χ0v) is 16.5. The molecule has 0 aliphatic heterocycles. The summed E-state index contributed by atoms with van der Waals surface area (Å²) < 4.78 is 29.6. The van der Waals surface area contributed by atoms with Gasteiger partial charge in [0, 0.05) is 6.42 Å². The average Bonchev–Trinajstić information content (AvgIpc) is 2.32. The van der Waals surface area contributed by atoms with Crippen LogP contribution in [0.3, 0.4) is 0 Å². The van der Waals surface area contributed by atoms with Crippen LogP contribution in [-0.2, 0) is 27.9 Å². The fourth-order valence-corrected chi connectivity index (χ4v) is 3.70. The van der Waals surface area contributed by atoms with Crippen LogP contribution in [-0.4, -0.2) is 41.0 Å². The van der Waals surface area contributed by atoms with Crippen LogP contribution in [0.4, 0.5) is 0 Å². The molecule has 0 radical (unpaired) electrons. The second kappa shape index (κ2) is 9.51. The molecule has 2 N–H and O–H groups in total. The zero-order chi connectivity index (χ0) is 19.1. The topological polar surface area (TPSA) is 108 Å². The maximum atomic E-state index is 12.9. The van der Waals surface area contributed by atoms with Gasteiger partial charge >= 0.3 is 13.7 Å². The molecule has 24 heavy (non-hydrogen) atoms. The lowest BCUT2D eigenvalue weighted by atomic mass is 10.2. The summed E-state index contributed by atoms with van der Waals surface area (Å²) in [5, 5.41) is 0. The molecule has 142 valence electrons. The highest BCUT2D eigenvalue weighted by atomic mass is 31.2. The Morgan fingerprint density at radius 3 is 1.96 bits per heavy atom. The number of ether oxygens (including phenoxy) is 1. The molecule has 0 heterocycles. The second-order valence-electron chi connectivity index (χ2n) is 6.95. The molecule has 0 aromatic rings. The van der Waals surface area contributed by atoms with Crippen LogP contribution in [0, 0.1) is 0 Å². The van der Waals surface area contributed by atoms with E-state index in [0.29, 0.717) is 6.41 Å². The zero-order valence-electron chi connectivity index (χ0n) is 15.6. The molecule has 0 saturated heterocycles. The van der Waals surface area contributed by atoms with Gasteiger partial charge in [0.2, 0.25) is 6.41 Å². The predicted molar refractivity (Wildman–Crippen MR) is 91.0 cm³/mol. The first-order valence-electron chi connectivity index (χ1n) is 7.99. The van der Waals surface area contributed by atoms with Crippen molar-refractivity contribution in [1.29, 1.82) is 0 Å². The van der Waals surface area contributed by atoms with E-state index in [1.54, 1.807) is 48.5 Å². The summed E-state index contributed by atoms with van der Waals surface area (Å²) in [4.78, 5) is 23.2. The molecule has 9 heteroatoms. The SMILES string of the molecule is CC(C)OP(=O)(OC(C)C)N(C=O)C(N)CCC(=O)OC(C)(C)C. The molecular formula is C15H31N2O6P. The molecule has 0 fully saturated rings. The minimum absolute atomic E-state index is 0.0217. The van der Waals surface area contributed by atoms with Gasteiger partial charge in [-0.15, -0.1) is 0 Å². The van der Waals surface area contributed by atoms with Crippen molar-refractivity contribution in [1.82, 2.24) is 4.67 Å². The number of hydrogen-bond acceptors (Lipinski definition) is 7. The van der Waals surface area contributed by atoms with E-state index in [1.165, 1.54) is 0 Å². The number of nitrogens with zero attached hydrogens (tertiary/aromatic N) is 1. The van der Waals surface area contributed by atoms with Crippen LogP contribution in [0.2, 0.25) is 0 Å². The van der Waals surface area contributed by atoms with E-state index in [4.69, 9.17) is 19.5 Å². The number of amides is 1. The largest absolute Gasteiger partial charge is 0.460 e. The number of esters is 1. The van der Waals surface area contributed by atoms with Crippen LogP contribution >= 0.6 is 7.75 Å². The van der Waals surface area contributed by atoms with Crippen molar-refractivity contribution in [3.05, 3.63) is 0 Å². The Morgan fingerprint density at radius 1 is 1.17 bits per heavy atom. The summed E-state index contributed by atoms with van der Waals surface area (Å²) in [5.41, 5.74) is 5.32. The second-order valence-corrected chi connectivity index (χ2v) is 8.78. The van der Waals surface area contributed by atoms with Crippen molar-refractivity contribution in [3.63, 3.8) is 0 Å². The fraction of sp³-hybridized carbons (Fsp3) is 0.867. The molecule has 0 aliphatic carbocycles. The Kier molecular flexibility index (Phi) is 9.14. The lowest BCUT2D eigenvalue weighted by Gasteiger charge is -2.33. The van der Waals surface area contributed by atoms with Gasteiger partial charge in [-0.05, 0) is 54.9 Å². The summed E-state index contributed by atoms with van der Waals surface area (Å²) in [5.74, 6) is -0.451. The van der Waals surface area contributed by atoms with Gasteiger partial charge in [-0.2, -0.15) is 0 Å². The van der Waals surface area contributed by atoms with Crippen LogP contribution < -0.4 is 5.73 Å². The van der Waals surface area contributed by atoms with Crippen molar-refractivity contribution in [2.45, 2.75) is 85.3 Å². The van der Waals surface area contributed by atoms with Crippen LogP contribution in [0.15, 0.2) is 0 Å². The number of carbonyl (C=O) groups is 2. The standard InChI is InChI=1S/C15H31N2O6P/c1-11(2)22-24(20,23-12(3)4)17(10-18)13(16)8-9-14(19)21-15(5,6)7/h10-13H,8-9,16H2,1-7H3. The lowest BCUT2D eigenvalue weighted by molar-refractivity contribution is -0.155. The number of rotatable bonds is 10. The van der Waals surface area contributed by atoms with Gasteiger partial charge in [0.1, 0.15) is 5.60 Å². The average molecular weight is 366 g/mol. The summed E-state index contributed by atoms with van der Waals surface area (Å²) in [6.45, 7) is 11.9. The quantitative estimate of drug-likeness (QED) is 0.274. The van der Waals surface area contributed by atoms with Gasteiger partial charge < -0.3 is 10.5 Å². The Bertz CT molecular complexity index is 447. The Hall–Kier alpha value is -0.950. The highest BCUT2D eigenvalue weighted by Gasteiger charge is 2.38. The van der Waals surface area contributed by atoms with Crippen LogP contribution in [0.5, 0.6) is 0 Å². The van der Waals surface area contributed by atoms with Crippen molar-refractivity contribution in [3.8, 4) is 0 Å². The van der Waals surface area contributed by atoms with Crippen LogP contribution in [0.1, 0.15) is 61.3 Å². The molecule has 1 unspecified atom stereocenters. The lowest BCUT2D eigenvalue weighted by Crippen LogP contribution is -2.41. The van der Waals surface area contributed by atoms with E-state index < -0.39 is 37.7 Å². The Balaban J connectivity index is 5.02. The number of carbonyl (C=O) groups excluding carboxylic acids is 2. The molecule has 0 aromatic heterocycles. The third-order valence-electron chi connectivity index (χ3n) is 2.48. The van der Waals surface area contributed by atoms with E-state index in [1.807, 2.05) is 0 Å². The van der Waals surface area contributed by atoms with Gasteiger partial charge in [0.25, 0.3) is 0 Å². The van der Waals surface area contributed by atoms with Gasteiger partial charge in [-0.25, -0.2) is 9.24 Å². The first-order valence-corrected chi connectivity index (χ1v) is 9.48. The van der Waals surface area contributed by atoms with E-state index in [-0.39, 0.29) is 12.8 Å². The molecular weight excluding hydrogens is 335 g/mol. The Labute approximate surface area is 144 Å². The summed E-state index contributed by atoms with van der Waals surface area (Å²) in [7, 11) is -3.91. The van der Waals surface area contributed by atoms with Crippen molar-refractivity contribution in [2.75, 3.05) is 0 Å². The molecule has 0 aliphatic rings. The summed E-state index contributed by atoms with van der Waals surface area (Å²) in [6.07, 6.45) is -1.50. The number of hydrogen-bond donors (Lipinski definition) is 1. The molecule has 0 bridgehead atoms. The smallest absolute Gasteiger partial charge is 0.439 e. The minimum atomic E-state index is -3.91. The van der Waals surface area contributed by atoms with Crippen LogP contribution in [0.25, 0.3) is 0 Å². The highest BCUT2D eigenvalue weighted by molar-refractivity contribution is 7.52. The van der Waals surface area contributed by atoms with Gasteiger partial charge in [0.05, 0.1) is 18.4 Å². The van der Waals surface area contributed by atoms with Gasteiger partial charge in [-0.1, -0.05) is 0 Å². The molecule has 8 nitrogen and oxygen atoms in total. The van der Waals surface area contributed by atoms with Crippen molar-refractivity contribution < 1.29 is 27.9 Å². The maximum absolute atomic E-state index is 12.9. The molecule has 0 saturated carbocycles. The molecule has 0 aromatic carbocycles. The predicted octanol–water partition coefficient (Wildman–Crippen LogP) is 2.81. The maximum Gasteiger partial charge on any atom is 0.439 e.